The molecule has 0 bridgehead atoms. The standard InChI is InChI=1S/C31H31N5O4/c1-21(2)29-31(40)35(20-28(38)34-25(27(37)18-32)17-22-11-5-3-6-12-22)26(23-13-7-4-8-14-23)19-36(29)30(39)24-15-9-10-16-33-24/h3-16,19,21,25,27,29,37H,17,20H2,1-2H3,(H,34,38)/t25?,27?,29-/m1/s1. The van der Waals surface area contributed by atoms with E-state index in [1.165, 1.54) is 16.0 Å². The van der Waals surface area contributed by atoms with Gasteiger partial charge in [0, 0.05) is 12.4 Å². The van der Waals surface area contributed by atoms with Crippen LogP contribution in [0.2, 0.25) is 0 Å². The van der Waals surface area contributed by atoms with Crippen molar-refractivity contribution in [2.75, 3.05) is 6.54 Å². The number of benzene rings is 2. The molecule has 0 aliphatic carbocycles. The molecule has 3 atom stereocenters. The summed E-state index contributed by atoms with van der Waals surface area (Å²) in [6, 6.07) is 23.3. The van der Waals surface area contributed by atoms with Crippen LogP contribution in [0.25, 0.3) is 5.70 Å². The average molecular weight is 538 g/mol. The Kier molecular flexibility index (Phi) is 9.04. The maximum atomic E-state index is 14.0. The zero-order valence-electron chi connectivity index (χ0n) is 22.3. The maximum Gasteiger partial charge on any atom is 0.277 e. The number of nitriles is 1. The third-order valence-corrected chi connectivity index (χ3v) is 6.65. The Balaban J connectivity index is 1.67. The van der Waals surface area contributed by atoms with E-state index in [0.717, 1.165) is 5.56 Å². The van der Waals surface area contributed by atoms with Gasteiger partial charge in [-0.15, -0.1) is 0 Å². The van der Waals surface area contributed by atoms with Gasteiger partial charge in [0.2, 0.25) is 5.91 Å². The van der Waals surface area contributed by atoms with Crippen LogP contribution in [0.5, 0.6) is 0 Å². The molecule has 9 heteroatoms. The minimum absolute atomic E-state index is 0.199. The number of carbonyl (C=O) groups is 3. The lowest BCUT2D eigenvalue weighted by Crippen LogP contribution is -2.57. The number of rotatable bonds is 9. The summed E-state index contributed by atoms with van der Waals surface area (Å²) in [5.74, 6) is -1.66. The van der Waals surface area contributed by atoms with Crippen molar-refractivity contribution >= 4 is 23.4 Å². The second-order valence-electron chi connectivity index (χ2n) is 9.86. The summed E-state index contributed by atoms with van der Waals surface area (Å²) in [7, 11) is 0. The maximum absolute atomic E-state index is 14.0. The van der Waals surface area contributed by atoms with Crippen LogP contribution in [0.15, 0.2) is 91.3 Å². The molecular weight excluding hydrogens is 506 g/mol. The summed E-state index contributed by atoms with van der Waals surface area (Å²) < 4.78 is 0. The molecule has 9 nitrogen and oxygen atoms in total. The monoisotopic (exact) mass is 537 g/mol. The highest BCUT2D eigenvalue weighted by Gasteiger charge is 2.41. The highest BCUT2D eigenvalue weighted by atomic mass is 16.3. The fourth-order valence-corrected chi connectivity index (χ4v) is 4.69. The predicted molar refractivity (Wildman–Crippen MR) is 149 cm³/mol. The van der Waals surface area contributed by atoms with Crippen molar-refractivity contribution in [3.8, 4) is 6.07 Å². The molecular formula is C31H31N5O4. The molecule has 1 aromatic heterocycles. The van der Waals surface area contributed by atoms with Gasteiger partial charge in [-0.3, -0.25) is 29.2 Å². The van der Waals surface area contributed by atoms with E-state index in [2.05, 4.69) is 10.3 Å². The molecule has 3 aromatic rings. The summed E-state index contributed by atoms with van der Waals surface area (Å²) in [6.45, 7) is 3.30. The molecule has 2 heterocycles. The predicted octanol–water partition coefficient (Wildman–Crippen LogP) is 3.00. The fourth-order valence-electron chi connectivity index (χ4n) is 4.69. The number of amides is 3. The van der Waals surface area contributed by atoms with Gasteiger partial charge in [0.25, 0.3) is 11.8 Å². The van der Waals surface area contributed by atoms with E-state index in [9.17, 15) is 24.8 Å². The molecule has 2 unspecified atom stereocenters. The van der Waals surface area contributed by atoms with Gasteiger partial charge >= 0.3 is 0 Å². The van der Waals surface area contributed by atoms with Crippen molar-refractivity contribution in [2.24, 2.45) is 5.92 Å². The van der Waals surface area contributed by atoms with Crippen LogP contribution in [0, 0.1) is 17.2 Å². The van der Waals surface area contributed by atoms with Crippen molar-refractivity contribution in [1.29, 1.82) is 5.26 Å². The Labute approximate surface area is 233 Å². The number of pyridine rings is 1. The fraction of sp³-hybridized carbons (Fsp3) is 0.258. The highest BCUT2D eigenvalue weighted by Crippen LogP contribution is 2.30. The zero-order valence-corrected chi connectivity index (χ0v) is 22.3. The minimum atomic E-state index is -1.44. The lowest BCUT2D eigenvalue weighted by molar-refractivity contribution is -0.138. The van der Waals surface area contributed by atoms with Gasteiger partial charge in [0.15, 0.2) is 6.10 Å². The molecule has 40 heavy (non-hydrogen) atoms. The Morgan fingerprint density at radius 3 is 2.27 bits per heavy atom. The summed E-state index contributed by atoms with van der Waals surface area (Å²) >= 11 is 0. The van der Waals surface area contributed by atoms with Crippen molar-refractivity contribution in [3.63, 3.8) is 0 Å². The third kappa shape index (κ3) is 6.42. The number of carbonyl (C=O) groups excluding carboxylic acids is 3. The first-order chi connectivity index (χ1) is 19.3. The van der Waals surface area contributed by atoms with Crippen molar-refractivity contribution in [3.05, 3.63) is 108 Å². The van der Waals surface area contributed by atoms with Gasteiger partial charge < -0.3 is 10.4 Å². The summed E-state index contributed by atoms with van der Waals surface area (Å²) in [6.07, 6.45) is 1.90. The van der Waals surface area contributed by atoms with Crippen LogP contribution in [0.1, 0.15) is 35.5 Å². The highest BCUT2D eigenvalue weighted by molar-refractivity contribution is 6.03. The van der Waals surface area contributed by atoms with Crippen LogP contribution >= 0.6 is 0 Å². The van der Waals surface area contributed by atoms with Gasteiger partial charge in [-0.05, 0) is 35.6 Å². The minimum Gasteiger partial charge on any atom is -0.376 e. The second kappa shape index (κ2) is 12.8. The first kappa shape index (κ1) is 28.2. The van der Waals surface area contributed by atoms with Crippen LogP contribution in [-0.4, -0.2) is 62.3 Å². The lowest BCUT2D eigenvalue weighted by atomic mass is 9.96. The molecule has 3 amide bonds. The topological polar surface area (TPSA) is 127 Å². The number of nitrogens with zero attached hydrogens (tertiary/aromatic N) is 4. The van der Waals surface area contributed by atoms with Gasteiger partial charge in [0.05, 0.1) is 17.8 Å². The second-order valence-corrected chi connectivity index (χ2v) is 9.86. The molecule has 4 rings (SSSR count). The first-order valence-corrected chi connectivity index (χ1v) is 13.0. The van der Waals surface area contributed by atoms with E-state index in [4.69, 9.17) is 0 Å². The first-order valence-electron chi connectivity index (χ1n) is 13.0. The van der Waals surface area contributed by atoms with Crippen molar-refractivity contribution in [2.45, 2.75) is 38.5 Å². The number of aliphatic hydroxyl groups is 1. The van der Waals surface area contributed by atoms with E-state index in [1.54, 1.807) is 54.7 Å². The Morgan fingerprint density at radius 1 is 1.02 bits per heavy atom. The molecule has 1 aliphatic rings. The number of nitrogens with one attached hydrogen (secondary N) is 1. The Bertz CT molecular complexity index is 1400. The van der Waals surface area contributed by atoms with Crippen LogP contribution in [-0.2, 0) is 16.0 Å². The average Bonchev–Trinajstić information content (AvgIpc) is 2.98. The van der Waals surface area contributed by atoms with Gasteiger partial charge in [-0.1, -0.05) is 80.6 Å². The van der Waals surface area contributed by atoms with Gasteiger partial charge in [0.1, 0.15) is 18.3 Å². The number of aromatic nitrogens is 1. The molecule has 0 saturated heterocycles. The molecule has 0 fully saturated rings. The van der Waals surface area contributed by atoms with Gasteiger partial charge in [-0.25, -0.2) is 0 Å². The molecule has 0 radical (unpaired) electrons. The number of aliphatic hydroxyl groups excluding tert-OH is 1. The summed E-state index contributed by atoms with van der Waals surface area (Å²) in [5, 5.41) is 22.4. The molecule has 0 spiro atoms. The molecule has 1 aliphatic heterocycles. The Morgan fingerprint density at radius 2 is 1.68 bits per heavy atom. The van der Waals surface area contributed by atoms with Crippen molar-refractivity contribution in [1.82, 2.24) is 20.1 Å². The van der Waals surface area contributed by atoms with E-state index < -0.39 is 35.9 Å². The zero-order chi connectivity index (χ0) is 28.6. The van der Waals surface area contributed by atoms with E-state index >= 15 is 0 Å². The van der Waals surface area contributed by atoms with E-state index in [-0.39, 0.29) is 24.6 Å². The number of hydrogen-bond donors (Lipinski definition) is 2. The molecule has 2 aromatic carbocycles. The van der Waals surface area contributed by atoms with E-state index in [1.807, 2.05) is 50.2 Å². The van der Waals surface area contributed by atoms with E-state index in [0.29, 0.717) is 11.3 Å². The quantitative estimate of drug-likeness (QED) is 0.404. The smallest absolute Gasteiger partial charge is 0.277 e. The number of hydrogen-bond acceptors (Lipinski definition) is 6. The lowest BCUT2D eigenvalue weighted by Gasteiger charge is -2.41. The largest absolute Gasteiger partial charge is 0.376 e. The molecule has 204 valence electrons. The third-order valence-electron chi connectivity index (χ3n) is 6.65. The molecule has 2 N–H and O–H groups in total. The van der Waals surface area contributed by atoms with Gasteiger partial charge in [-0.2, -0.15) is 5.26 Å². The summed E-state index contributed by atoms with van der Waals surface area (Å²) in [4.78, 5) is 47.7. The van der Waals surface area contributed by atoms with Crippen LogP contribution in [0.3, 0.4) is 0 Å². The van der Waals surface area contributed by atoms with Crippen LogP contribution in [0.4, 0.5) is 0 Å². The van der Waals surface area contributed by atoms with Crippen molar-refractivity contribution < 1.29 is 19.5 Å². The van der Waals surface area contributed by atoms with Crippen LogP contribution < -0.4 is 5.32 Å². The Hall–Kier alpha value is -4.81. The normalized spacial score (nSPS) is 16.6. The molecule has 0 saturated carbocycles. The summed E-state index contributed by atoms with van der Waals surface area (Å²) in [5.41, 5.74) is 2.06. The SMILES string of the molecule is CC(C)[C@@H]1C(=O)N(CC(=O)NC(Cc2ccccc2)C(O)C#N)C(c2ccccc2)=CN1C(=O)c1ccccn1.